The molecule has 1 spiro atoms. The highest BCUT2D eigenvalue weighted by atomic mass is 35.5. The van der Waals surface area contributed by atoms with Crippen molar-refractivity contribution in [3.63, 3.8) is 0 Å². The van der Waals surface area contributed by atoms with Gasteiger partial charge in [-0.15, -0.1) is 0 Å². The molecule has 2 aliphatic rings. The van der Waals surface area contributed by atoms with Crippen LogP contribution in [0.15, 0.2) is 48.5 Å². The zero-order valence-corrected chi connectivity index (χ0v) is 17.4. The lowest BCUT2D eigenvalue weighted by atomic mass is 9.85. The number of carbonyl (C=O) groups excluding carboxylic acids is 1. The van der Waals surface area contributed by atoms with Crippen molar-refractivity contribution < 1.29 is 4.79 Å². The quantitative estimate of drug-likeness (QED) is 0.737. The van der Waals surface area contributed by atoms with Crippen LogP contribution in [0.1, 0.15) is 42.4 Å². The van der Waals surface area contributed by atoms with E-state index in [0.717, 1.165) is 38.2 Å². The van der Waals surface area contributed by atoms with Crippen molar-refractivity contribution in [3.05, 3.63) is 70.2 Å². The SMILES string of the molecule is Cc1ccccc1CN1CCCC12CCCN(C(=O)Cc1ccc(Cl)cc1)C2. The zero-order valence-electron chi connectivity index (χ0n) is 16.7. The van der Waals surface area contributed by atoms with Crippen molar-refractivity contribution in [2.24, 2.45) is 0 Å². The van der Waals surface area contributed by atoms with Crippen LogP contribution in [-0.2, 0) is 17.8 Å². The van der Waals surface area contributed by atoms with Gasteiger partial charge in [0.25, 0.3) is 0 Å². The molecule has 148 valence electrons. The number of amides is 1. The molecule has 2 aliphatic heterocycles. The minimum atomic E-state index is 0.149. The van der Waals surface area contributed by atoms with Crippen molar-refractivity contribution in [2.75, 3.05) is 19.6 Å². The Kier molecular flexibility index (Phi) is 5.75. The van der Waals surface area contributed by atoms with E-state index in [1.54, 1.807) is 0 Å². The summed E-state index contributed by atoms with van der Waals surface area (Å²) >= 11 is 5.97. The van der Waals surface area contributed by atoms with E-state index in [1.807, 2.05) is 24.3 Å². The van der Waals surface area contributed by atoms with Crippen molar-refractivity contribution in [3.8, 4) is 0 Å². The number of nitrogens with zero attached hydrogens (tertiary/aromatic N) is 2. The molecule has 0 bridgehead atoms. The average molecular weight is 397 g/mol. The van der Waals surface area contributed by atoms with E-state index < -0.39 is 0 Å². The number of rotatable bonds is 4. The maximum absolute atomic E-state index is 13.0. The molecular formula is C24H29ClN2O. The molecule has 3 nitrogen and oxygen atoms in total. The second kappa shape index (κ2) is 8.26. The van der Waals surface area contributed by atoms with Gasteiger partial charge < -0.3 is 4.90 Å². The molecule has 0 aliphatic carbocycles. The number of benzene rings is 2. The summed E-state index contributed by atoms with van der Waals surface area (Å²) in [6.07, 6.45) is 5.18. The first-order valence-electron chi connectivity index (χ1n) is 10.4. The third-order valence-corrected chi connectivity index (χ3v) is 6.79. The molecule has 0 saturated carbocycles. The molecule has 2 saturated heterocycles. The molecule has 2 fully saturated rings. The maximum atomic E-state index is 13.0. The number of piperidine rings is 1. The number of halogens is 1. The van der Waals surface area contributed by atoms with Crippen LogP contribution in [0.4, 0.5) is 0 Å². The fourth-order valence-corrected chi connectivity index (χ4v) is 5.04. The van der Waals surface area contributed by atoms with Crippen molar-refractivity contribution in [1.29, 1.82) is 0 Å². The second-order valence-corrected chi connectivity index (χ2v) is 8.83. The molecule has 2 aromatic rings. The number of hydrogen-bond acceptors (Lipinski definition) is 2. The van der Waals surface area contributed by atoms with Gasteiger partial charge in [-0.3, -0.25) is 9.69 Å². The zero-order chi connectivity index (χ0) is 19.6. The summed E-state index contributed by atoms with van der Waals surface area (Å²) in [5, 5.41) is 0.714. The summed E-state index contributed by atoms with van der Waals surface area (Å²) < 4.78 is 0. The monoisotopic (exact) mass is 396 g/mol. The lowest BCUT2D eigenvalue weighted by molar-refractivity contribution is -0.134. The van der Waals surface area contributed by atoms with Gasteiger partial charge in [-0.2, -0.15) is 0 Å². The molecule has 0 aromatic heterocycles. The summed E-state index contributed by atoms with van der Waals surface area (Å²) in [5.41, 5.74) is 3.96. The summed E-state index contributed by atoms with van der Waals surface area (Å²) in [5.74, 6) is 0.240. The van der Waals surface area contributed by atoms with Gasteiger partial charge in [-0.1, -0.05) is 48.0 Å². The highest BCUT2D eigenvalue weighted by molar-refractivity contribution is 6.30. The Bertz CT molecular complexity index is 835. The van der Waals surface area contributed by atoms with Crippen LogP contribution < -0.4 is 0 Å². The topological polar surface area (TPSA) is 23.6 Å². The lowest BCUT2D eigenvalue weighted by Crippen LogP contribution is -2.56. The lowest BCUT2D eigenvalue weighted by Gasteiger charge is -2.46. The summed E-state index contributed by atoms with van der Waals surface area (Å²) in [6.45, 7) is 6.07. The van der Waals surface area contributed by atoms with Gasteiger partial charge in [0.1, 0.15) is 0 Å². The van der Waals surface area contributed by atoms with Crippen LogP contribution in [0.25, 0.3) is 0 Å². The Morgan fingerprint density at radius 2 is 1.75 bits per heavy atom. The van der Waals surface area contributed by atoms with Crippen LogP contribution in [0.3, 0.4) is 0 Å². The van der Waals surface area contributed by atoms with Gasteiger partial charge in [0, 0.05) is 30.2 Å². The minimum Gasteiger partial charge on any atom is -0.341 e. The highest BCUT2D eigenvalue weighted by Crippen LogP contribution is 2.38. The molecule has 2 heterocycles. The number of carbonyl (C=O) groups is 1. The Hall–Kier alpha value is -1.84. The number of likely N-dealkylation sites (tertiary alicyclic amines) is 2. The highest BCUT2D eigenvalue weighted by Gasteiger charge is 2.44. The van der Waals surface area contributed by atoms with Crippen molar-refractivity contribution >= 4 is 17.5 Å². The van der Waals surface area contributed by atoms with Crippen LogP contribution in [0.5, 0.6) is 0 Å². The van der Waals surface area contributed by atoms with E-state index in [2.05, 4.69) is 41.0 Å². The van der Waals surface area contributed by atoms with E-state index in [4.69, 9.17) is 11.6 Å². The van der Waals surface area contributed by atoms with Gasteiger partial charge in [0.15, 0.2) is 0 Å². The first kappa shape index (κ1) is 19.5. The fraction of sp³-hybridized carbons (Fsp3) is 0.458. The first-order chi connectivity index (χ1) is 13.6. The minimum absolute atomic E-state index is 0.149. The van der Waals surface area contributed by atoms with Crippen molar-refractivity contribution in [2.45, 2.75) is 51.1 Å². The third-order valence-electron chi connectivity index (χ3n) is 6.54. The van der Waals surface area contributed by atoms with Gasteiger partial charge >= 0.3 is 0 Å². The van der Waals surface area contributed by atoms with Gasteiger partial charge in [-0.05, 0) is 68.0 Å². The van der Waals surface area contributed by atoms with E-state index in [0.29, 0.717) is 11.4 Å². The molecule has 0 radical (unpaired) electrons. The van der Waals surface area contributed by atoms with E-state index in [9.17, 15) is 4.79 Å². The molecular weight excluding hydrogens is 368 g/mol. The number of hydrogen-bond donors (Lipinski definition) is 0. The fourth-order valence-electron chi connectivity index (χ4n) is 4.91. The molecule has 2 aromatic carbocycles. The summed E-state index contributed by atoms with van der Waals surface area (Å²) in [6, 6.07) is 16.3. The molecule has 1 unspecified atom stereocenters. The standard InChI is InChI=1S/C24H29ClN2O/c1-19-6-2-3-7-21(19)17-27-15-5-13-24(27)12-4-14-26(18-24)23(28)16-20-8-10-22(25)11-9-20/h2-3,6-11H,4-5,12-18H2,1H3. The molecule has 0 N–H and O–H groups in total. The van der Waals surface area contributed by atoms with E-state index in [1.165, 1.54) is 30.4 Å². The third kappa shape index (κ3) is 4.11. The molecule has 1 atom stereocenters. The Balaban J connectivity index is 1.46. The van der Waals surface area contributed by atoms with Crippen LogP contribution in [0.2, 0.25) is 5.02 Å². The Labute approximate surface area is 173 Å². The molecule has 4 heteroatoms. The van der Waals surface area contributed by atoms with Gasteiger partial charge in [-0.25, -0.2) is 0 Å². The van der Waals surface area contributed by atoms with Crippen molar-refractivity contribution in [1.82, 2.24) is 9.80 Å². The summed E-state index contributed by atoms with van der Waals surface area (Å²) in [4.78, 5) is 17.7. The molecule has 1 amide bonds. The second-order valence-electron chi connectivity index (χ2n) is 8.40. The normalized spacial score (nSPS) is 22.7. The molecule has 28 heavy (non-hydrogen) atoms. The number of aryl methyl sites for hydroxylation is 1. The van der Waals surface area contributed by atoms with E-state index >= 15 is 0 Å². The van der Waals surface area contributed by atoms with Crippen LogP contribution >= 0.6 is 11.6 Å². The van der Waals surface area contributed by atoms with Crippen LogP contribution in [0, 0.1) is 6.92 Å². The smallest absolute Gasteiger partial charge is 0.227 e. The Morgan fingerprint density at radius 1 is 1.04 bits per heavy atom. The first-order valence-corrected chi connectivity index (χ1v) is 10.8. The predicted octanol–water partition coefficient (Wildman–Crippen LogP) is 4.85. The predicted molar refractivity (Wildman–Crippen MR) is 115 cm³/mol. The van der Waals surface area contributed by atoms with Gasteiger partial charge in [0.05, 0.1) is 6.42 Å². The Morgan fingerprint density at radius 3 is 2.50 bits per heavy atom. The summed E-state index contributed by atoms with van der Waals surface area (Å²) in [7, 11) is 0. The maximum Gasteiger partial charge on any atom is 0.227 e. The van der Waals surface area contributed by atoms with Gasteiger partial charge in [0.2, 0.25) is 5.91 Å². The average Bonchev–Trinajstić information content (AvgIpc) is 3.06. The van der Waals surface area contributed by atoms with Crippen LogP contribution in [-0.4, -0.2) is 40.9 Å². The largest absolute Gasteiger partial charge is 0.341 e. The molecule has 4 rings (SSSR count). The van der Waals surface area contributed by atoms with E-state index in [-0.39, 0.29) is 11.4 Å².